The molecular formula is C17H17N3O3S. The molecular weight excluding hydrogens is 326 g/mol. The van der Waals surface area contributed by atoms with Crippen molar-refractivity contribution in [2.45, 2.75) is 24.8 Å². The number of nitrogen functional groups attached to an aromatic ring is 1. The highest BCUT2D eigenvalue weighted by atomic mass is 32.2. The molecule has 0 bridgehead atoms. The Morgan fingerprint density at radius 3 is 2.88 bits per heavy atom. The van der Waals surface area contributed by atoms with Crippen molar-refractivity contribution in [1.82, 2.24) is 9.97 Å². The summed E-state index contributed by atoms with van der Waals surface area (Å²) in [6, 6.07) is 9.22. The number of rotatable bonds is 5. The van der Waals surface area contributed by atoms with E-state index in [1.54, 1.807) is 13.0 Å². The second-order valence-corrected chi connectivity index (χ2v) is 6.07. The van der Waals surface area contributed by atoms with Gasteiger partial charge in [0.25, 0.3) is 0 Å². The molecule has 0 saturated heterocycles. The number of ether oxygens (including phenoxy) is 1. The molecule has 0 aliphatic rings. The van der Waals surface area contributed by atoms with Gasteiger partial charge in [0.15, 0.2) is 5.16 Å². The van der Waals surface area contributed by atoms with Crippen molar-refractivity contribution >= 4 is 34.5 Å². The van der Waals surface area contributed by atoms with Crippen LogP contribution in [0, 0.1) is 6.92 Å². The maximum Gasteiger partial charge on any atom is 0.374 e. The Bertz CT molecular complexity index is 872. The Morgan fingerprint density at radius 2 is 2.12 bits per heavy atom. The van der Waals surface area contributed by atoms with Crippen LogP contribution in [0.1, 0.15) is 28.7 Å². The van der Waals surface area contributed by atoms with Gasteiger partial charge in [-0.25, -0.2) is 14.8 Å². The lowest BCUT2D eigenvalue weighted by molar-refractivity contribution is 0.0491. The first-order chi connectivity index (χ1) is 11.6. The number of aromatic nitrogens is 2. The predicted molar refractivity (Wildman–Crippen MR) is 92.9 cm³/mol. The molecule has 3 rings (SSSR count). The minimum atomic E-state index is -0.464. The number of furan rings is 1. The van der Waals surface area contributed by atoms with Gasteiger partial charge in [-0.1, -0.05) is 30.0 Å². The Labute approximate surface area is 143 Å². The van der Waals surface area contributed by atoms with E-state index >= 15 is 0 Å². The van der Waals surface area contributed by atoms with Crippen molar-refractivity contribution in [3.63, 3.8) is 0 Å². The van der Waals surface area contributed by atoms with E-state index in [-0.39, 0.29) is 5.76 Å². The molecule has 0 spiro atoms. The molecule has 1 aromatic carbocycles. The zero-order valence-corrected chi connectivity index (χ0v) is 14.2. The molecule has 2 N–H and O–H groups in total. The van der Waals surface area contributed by atoms with Gasteiger partial charge in [-0.2, -0.15) is 0 Å². The van der Waals surface area contributed by atoms with Crippen molar-refractivity contribution in [3.8, 4) is 0 Å². The molecule has 0 aliphatic heterocycles. The highest BCUT2D eigenvalue weighted by molar-refractivity contribution is 7.98. The van der Waals surface area contributed by atoms with Gasteiger partial charge in [-0.3, -0.25) is 0 Å². The van der Waals surface area contributed by atoms with Crippen LogP contribution in [-0.4, -0.2) is 22.5 Å². The second kappa shape index (κ2) is 6.92. The highest BCUT2D eigenvalue weighted by Crippen LogP contribution is 2.31. The van der Waals surface area contributed by atoms with Crippen LogP contribution < -0.4 is 5.73 Å². The molecule has 0 radical (unpaired) electrons. The Hall–Kier alpha value is -2.54. The molecule has 0 amide bonds. The minimum Gasteiger partial charge on any atom is -0.460 e. The molecule has 6 nitrogen and oxygen atoms in total. The fourth-order valence-corrected chi connectivity index (χ4v) is 3.31. The second-order valence-electron chi connectivity index (χ2n) is 5.13. The van der Waals surface area contributed by atoms with Gasteiger partial charge in [0, 0.05) is 28.5 Å². The topological polar surface area (TPSA) is 91.2 Å². The lowest BCUT2D eigenvalue weighted by Gasteiger charge is -2.04. The van der Waals surface area contributed by atoms with E-state index in [4.69, 9.17) is 14.9 Å². The lowest BCUT2D eigenvalue weighted by Crippen LogP contribution is -2.06. The van der Waals surface area contributed by atoms with Crippen LogP contribution in [0.4, 0.5) is 5.82 Å². The monoisotopic (exact) mass is 343 g/mol. The van der Waals surface area contributed by atoms with Crippen LogP contribution in [0.3, 0.4) is 0 Å². The quantitative estimate of drug-likeness (QED) is 0.430. The molecule has 7 heteroatoms. The van der Waals surface area contributed by atoms with E-state index in [1.165, 1.54) is 11.8 Å². The number of thioether (sulfide) groups is 1. The van der Waals surface area contributed by atoms with Crippen molar-refractivity contribution in [2.75, 3.05) is 12.3 Å². The molecule has 124 valence electrons. The van der Waals surface area contributed by atoms with E-state index in [2.05, 4.69) is 9.97 Å². The van der Waals surface area contributed by atoms with Gasteiger partial charge in [0.05, 0.1) is 6.61 Å². The number of nitrogens with two attached hydrogens (primary N) is 1. The first kappa shape index (κ1) is 16.3. The summed E-state index contributed by atoms with van der Waals surface area (Å²) < 4.78 is 10.8. The maximum atomic E-state index is 12.2. The van der Waals surface area contributed by atoms with E-state index in [0.717, 1.165) is 16.6 Å². The molecule has 2 aromatic heterocycles. The van der Waals surface area contributed by atoms with Crippen molar-refractivity contribution in [1.29, 1.82) is 0 Å². The summed E-state index contributed by atoms with van der Waals surface area (Å²) in [5.41, 5.74) is 7.99. The Kier molecular flexibility index (Phi) is 4.71. The number of hydrogen-bond acceptors (Lipinski definition) is 7. The molecule has 0 fully saturated rings. The van der Waals surface area contributed by atoms with E-state index in [0.29, 0.717) is 28.9 Å². The number of benzene rings is 1. The average molecular weight is 343 g/mol. The van der Waals surface area contributed by atoms with E-state index in [9.17, 15) is 4.79 Å². The third-order valence-corrected chi connectivity index (χ3v) is 4.23. The van der Waals surface area contributed by atoms with Gasteiger partial charge in [-0.15, -0.1) is 0 Å². The SMILES string of the molecule is CCOC(=O)c1oc2ccccc2c1CSc1nc(C)cc(N)n1. The van der Waals surface area contributed by atoms with Crippen LogP contribution in [-0.2, 0) is 10.5 Å². The normalized spacial score (nSPS) is 10.9. The van der Waals surface area contributed by atoms with Gasteiger partial charge in [0.1, 0.15) is 11.4 Å². The number of hydrogen-bond donors (Lipinski definition) is 1. The van der Waals surface area contributed by atoms with Crippen molar-refractivity contribution < 1.29 is 13.9 Å². The first-order valence-corrected chi connectivity index (χ1v) is 8.48. The third kappa shape index (κ3) is 3.35. The first-order valence-electron chi connectivity index (χ1n) is 7.50. The molecule has 3 aromatic rings. The number of carbonyl (C=O) groups excluding carboxylic acids is 1. The number of carbonyl (C=O) groups is 1. The number of nitrogens with zero attached hydrogens (tertiary/aromatic N) is 2. The summed E-state index contributed by atoms with van der Waals surface area (Å²) in [6.07, 6.45) is 0. The molecule has 0 atom stereocenters. The average Bonchev–Trinajstić information content (AvgIpc) is 2.91. The molecule has 24 heavy (non-hydrogen) atoms. The molecule has 0 unspecified atom stereocenters. The summed E-state index contributed by atoms with van der Waals surface area (Å²) in [6.45, 7) is 3.91. The van der Waals surface area contributed by atoms with Crippen molar-refractivity contribution in [2.24, 2.45) is 0 Å². The standard InChI is InChI=1S/C17H17N3O3S/c1-3-22-16(21)15-12(11-6-4-5-7-13(11)23-15)9-24-17-19-10(2)8-14(18)20-17/h4-8H,3,9H2,1-2H3,(H2,18,19,20). The Morgan fingerprint density at radius 1 is 1.33 bits per heavy atom. The fourth-order valence-electron chi connectivity index (χ4n) is 2.37. The third-order valence-electron chi connectivity index (χ3n) is 3.36. The number of fused-ring (bicyclic) bond motifs is 1. The van der Waals surface area contributed by atoms with Gasteiger partial charge in [-0.05, 0) is 19.9 Å². The smallest absolute Gasteiger partial charge is 0.374 e. The zero-order chi connectivity index (χ0) is 17.1. The van der Waals surface area contributed by atoms with Crippen molar-refractivity contribution in [3.05, 3.63) is 47.3 Å². The molecule has 0 saturated carbocycles. The number of esters is 1. The summed E-state index contributed by atoms with van der Waals surface area (Å²) in [5.74, 6) is 0.668. The Balaban J connectivity index is 1.94. The summed E-state index contributed by atoms with van der Waals surface area (Å²) in [4.78, 5) is 20.7. The summed E-state index contributed by atoms with van der Waals surface area (Å²) in [5, 5.41) is 1.45. The van der Waals surface area contributed by atoms with E-state index in [1.807, 2.05) is 31.2 Å². The van der Waals surface area contributed by atoms with Gasteiger partial charge < -0.3 is 14.9 Å². The number of anilines is 1. The van der Waals surface area contributed by atoms with Crippen LogP contribution in [0.25, 0.3) is 11.0 Å². The summed E-state index contributed by atoms with van der Waals surface area (Å²) in [7, 11) is 0. The molecule has 2 heterocycles. The number of para-hydroxylation sites is 1. The van der Waals surface area contributed by atoms with Gasteiger partial charge >= 0.3 is 5.97 Å². The summed E-state index contributed by atoms with van der Waals surface area (Å²) >= 11 is 1.40. The lowest BCUT2D eigenvalue weighted by atomic mass is 10.1. The highest BCUT2D eigenvalue weighted by Gasteiger charge is 2.21. The predicted octanol–water partition coefficient (Wildman–Crippen LogP) is 3.58. The maximum absolute atomic E-state index is 12.2. The van der Waals surface area contributed by atoms with Gasteiger partial charge in [0.2, 0.25) is 5.76 Å². The largest absolute Gasteiger partial charge is 0.460 e. The van der Waals surface area contributed by atoms with Crippen LogP contribution in [0.2, 0.25) is 0 Å². The number of aryl methyl sites for hydroxylation is 1. The van der Waals surface area contributed by atoms with Crippen LogP contribution in [0.15, 0.2) is 39.9 Å². The van der Waals surface area contributed by atoms with Crippen LogP contribution >= 0.6 is 11.8 Å². The van der Waals surface area contributed by atoms with Crippen LogP contribution in [0.5, 0.6) is 0 Å². The fraction of sp³-hybridized carbons (Fsp3) is 0.235. The minimum absolute atomic E-state index is 0.228. The molecule has 0 aliphatic carbocycles. The van der Waals surface area contributed by atoms with E-state index < -0.39 is 5.97 Å². The zero-order valence-electron chi connectivity index (χ0n) is 13.4.